The van der Waals surface area contributed by atoms with Gasteiger partial charge < -0.3 is 24.4 Å². The summed E-state index contributed by atoms with van der Waals surface area (Å²) in [6.07, 6.45) is 0. The third-order valence-corrected chi connectivity index (χ3v) is 6.04. The number of rotatable bonds is 9. The summed E-state index contributed by atoms with van der Waals surface area (Å²) >= 11 is 0. The van der Waals surface area contributed by atoms with Crippen LogP contribution in [-0.2, 0) is 0 Å². The fourth-order valence-electron chi connectivity index (χ4n) is 4.01. The van der Waals surface area contributed by atoms with Crippen molar-refractivity contribution in [3.63, 3.8) is 0 Å². The molecule has 37 heavy (non-hydrogen) atoms. The van der Waals surface area contributed by atoms with E-state index in [1.54, 1.807) is 43.4 Å². The van der Waals surface area contributed by atoms with Crippen molar-refractivity contribution in [2.75, 3.05) is 38.1 Å². The summed E-state index contributed by atoms with van der Waals surface area (Å²) in [7, 11) is 6.88. The number of hydrogen-bond donors (Lipinski definition) is 1. The number of anilines is 4. The molecular formula is C30H28N2O5. The molecule has 7 nitrogen and oxygen atoms in total. The Morgan fingerprint density at radius 1 is 0.622 bits per heavy atom. The number of benzene rings is 4. The predicted octanol–water partition coefficient (Wildman–Crippen LogP) is 6.17. The smallest absolute Gasteiger partial charge is 0.336 e. The molecule has 4 rings (SSSR count). The topological polar surface area (TPSA) is 79.3 Å². The number of aromatic carboxylic acids is 1. The fraction of sp³-hybridized carbons (Fsp3) is 0.133. The number of carbonyl (C=O) groups excluding carboxylic acids is 1. The van der Waals surface area contributed by atoms with Crippen LogP contribution in [0.15, 0.2) is 91.0 Å². The molecule has 0 heterocycles. The molecule has 0 spiro atoms. The highest BCUT2D eigenvalue weighted by atomic mass is 16.5. The van der Waals surface area contributed by atoms with E-state index in [-0.39, 0.29) is 16.9 Å². The molecule has 0 unspecified atom stereocenters. The highest BCUT2D eigenvalue weighted by Gasteiger charge is 2.20. The van der Waals surface area contributed by atoms with Gasteiger partial charge >= 0.3 is 5.97 Å². The molecule has 0 aliphatic carbocycles. The molecule has 0 saturated heterocycles. The molecule has 4 aromatic carbocycles. The van der Waals surface area contributed by atoms with Crippen LogP contribution >= 0.6 is 0 Å². The second-order valence-electron chi connectivity index (χ2n) is 8.54. The highest BCUT2D eigenvalue weighted by molar-refractivity contribution is 6.14. The van der Waals surface area contributed by atoms with Crippen LogP contribution < -0.4 is 19.3 Å². The van der Waals surface area contributed by atoms with Gasteiger partial charge in [0, 0.05) is 48.0 Å². The van der Waals surface area contributed by atoms with Gasteiger partial charge in [-0.25, -0.2) is 4.79 Å². The maximum Gasteiger partial charge on any atom is 0.336 e. The number of methoxy groups -OCH3 is 2. The molecule has 0 atom stereocenters. The Balaban J connectivity index is 1.71. The van der Waals surface area contributed by atoms with Crippen LogP contribution in [0.4, 0.5) is 22.7 Å². The molecule has 0 amide bonds. The average molecular weight is 497 g/mol. The first kappa shape index (κ1) is 25.3. The summed E-state index contributed by atoms with van der Waals surface area (Å²) in [4.78, 5) is 29.0. The second kappa shape index (κ2) is 10.9. The summed E-state index contributed by atoms with van der Waals surface area (Å²) in [5.41, 5.74) is 3.85. The third kappa shape index (κ3) is 5.41. The summed E-state index contributed by atoms with van der Waals surface area (Å²) in [6, 6.07) is 27.3. The standard InChI is InChI=1S/C30H28N2O5/c1-31(2)24-13-18-27(28(19-24)30(34)35)29(33)20-5-7-21(8-6-20)32(22-9-14-25(36-3)15-10-22)23-11-16-26(37-4)17-12-23/h5-19H,1-4H3,(H,34,35). The largest absolute Gasteiger partial charge is 0.497 e. The lowest BCUT2D eigenvalue weighted by atomic mass is 9.97. The van der Waals surface area contributed by atoms with Crippen molar-refractivity contribution in [3.05, 3.63) is 108 Å². The van der Waals surface area contributed by atoms with E-state index in [0.29, 0.717) is 11.3 Å². The number of ketones is 1. The van der Waals surface area contributed by atoms with Gasteiger partial charge in [0.15, 0.2) is 5.78 Å². The van der Waals surface area contributed by atoms with Gasteiger partial charge in [-0.05, 0) is 91.0 Å². The van der Waals surface area contributed by atoms with Crippen molar-refractivity contribution in [2.24, 2.45) is 0 Å². The van der Waals surface area contributed by atoms with Gasteiger partial charge in [-0.2, -0.15) is 0 Å². The molecule has 0 aliphatic rings. The minimum Gasteiger partial charge on any atom is -0.497 e. The van der Waals surface area contributed by atoms with E-state index in [9.17, 15) is 14.7 Å². The van der Waals surface area contributed by atoms with Crippen LogP contribution in [0.3, 0.4) is 0 Å². The minimum absolute atomic E-state index is 0.0293. The number of carboxylic acid groups (broad SMARTS) is 1. The van der Waals surface area contributed by atoms with Crippen molar-refractivity contribution in [1.82, 2.24) is 0 Å². The summed E-state index contributed by atoms with van der Waals surface area (Å²) < 4.78 is 10.6. The van der Waals surface area contributed by atoms with E-state index < -0.39 is 5.97 Å². The monoisotopic (exact) mass is 496 g/mol. The molecule has 7 heteroatoms. The number of carboxylic acids is 1. The Kier molecular flexibility index (Phi) is 7.44. The van der Waals surface area contributed by atoms with E-state index in [0.717, 1.165) is 28.6 Å². The number of carbonyl (C=O) groups is 2. The van der Waals surface area contributed by atoms with Gasteiger partial charge in [-0.1, -0.05) is 0 Å². The summed E-state index contributed by atoms with van der Waals surface area (Å²) in [5, 5.41) is 9.72. The Hall–Kier alpha value is -4.78. The van der Waals surface area contributed by atoms with E-state index in [1.807, 2.05) is 79.7 Å². The van der Waals surface area contributed by atoms with E-state index in [1.165, 1.54) is 6.07 Å². The zero-order valence-corrected chi connectivity index (χ0v) is 21.1. The Bertz CT molecular complexity index is 1350. The second-order valence-corrected chi connectivity index (χ2v) is 8.54. The van der Waals surface area contributed by atoms with Crippen LogP contribution in [0.25, 0.3) is 0 Å². The van der Waals surface area contributed by atoms with Crippen LogP contribution in [-0.4, -0.2) is 45.2 Å². The lowest BCUT2D eigenvalue weighted by molar-refractivity contribution is 0.0693. The van der Waals surface area contributed by atoms with E-state index in [4.69, 9.17) is 9.47 Å². The van der Waals surface area contributed by atoms with E-state index >= 15 is 0 Å². The average Bonchev–Trinajstić information content (AvgIpc) is 2.93. The molecule has 0 saturated carbocycles. The SMILES string of the molecule is COc1ccc(N(c2ccc(OC)cc2)c2ccc(C(=O)c3ccc(N(C)C)cc3C(=O)O)cc2)cc1. The number of nitrogens with zero attached hydrogens (tertiary/aromatic N) is 2. The summed E-state index contributed by atoms with van der Waals surface area (Å²) in [5.74, 6) is -0.00801. The predicted molar refractivity (Wildman–Crippen MR) is 145 cm³/mol. The van der Waals surface area contributed by atoms with Gasteiger partial charge in [0.1, 0.15) is 11.5 Å². The first-order chi connectivity index (χ1) is 17.8. The van der Waals surface area contributed by atoms with Gasteiger partial charge in [0.25, 0.3) is 0 Å². The Morgan fingerprint density at radius 3 is 1.46 bits per heavy atom. The van der Waals surface area contributed by atoms with Gasteiger partial charge in [0.2, 0.25) is 0 Å². The molecule has 0 fully saturated rings. The maximum atomic E-state index is 13.3. The Labute approximate surface area is 216 Å². The highest BCUT2D eigenvalue weighted by Crippen LogP contribution is 2.36. The fourth-order valence-corrected chi connectivity index (χ4v) is 4.01. The molecule has 0 aliphatic heterocycles. The third-order valence-electron chi connectivity index (χ3n) is 6.04. The van der Waals surface area contributed by atoms with Crippen molar-refractivity contribution >= 4 is 34.5 Å². The number of ether oxygens (including phenoxy) is 2. The van der Waals surface area contributed by atoms with E-state index in [2.05, 4.69) is 0 Å². The lowest BCUT2D eigenvalue weighted by Gasteiger charge is -2.26. The lowest BCUT2D eigenvalue weighted by Crippen LogP contribution is -2.14. The molecule has 1 N–H and O–H groups in total. The Morgan fingerprint density at radius 2 is 1.05 bits per heavy atom. The molecule has 188 valence electrons. The van der Waals surface area contributed by atoms with Crippen molar-refractivity contribution in [1.29, 1.82) is 0 Å². The van der Waals surface area contributed by atoms with Gasteiger partial charge in [-0.3, -0.25) is 4.79 Å². The molecule has 0 radical (unpaired) electrons. The maximum absolute atomic E-state index is 13.3. The van der Waals surface area contributed by atoms with Crippen LogP contribution in [0, 0.1) is 0 Å². The minimum atomic E-state index is -1.14. The molecule has 0 bridgehead atoms. The van der Waals surface area contributed by atoms with Crippen LogP contribution in [0.2, 0.25) is 0 Å². The quantitative estimate of drug-likeness (QED) is 0.278. The van der Waals surface area contributed by atoms with Crippen LogP contribution in [0.1, 0.15) is 26.3 Å². The zero-order valence-electron chi connectivity index (χ0n) is 21.1. The molecule has 0 aromatic heterocycles. The van der Waals surface area contributed by atoms with Crippen molar-refractivity contribution in [2.45, 2.75) is 0 Å². The van der Waals surface area contributed by atoms with Crippen molar-refractivity contribution in [3.8, 4) is 11.5 Å². The van der Waals surface area contributed by atoms with Crippen LogP contribution in [0.5, 0.6) is 11.5 Å². The molecular weight excluding hydrogens is 468 g/mol. The first-order valence-corrected chi connectivity index (χ1v) is 11.6. The number of hydrogen-bond acceptors (Lipinski definition) is 6. The normalized spacial score (nSPS) is 10.5. The van der Waals surface area contributed by atoms with Gasteiger partial charge in [0.05, 0.1) is 19.8 Å². The zero-order chi connectivity index (χ0) is 26.5. The molecule has 4 aromatic rings. The van der Waals surface area contributed by atoms with Crippen molar-refractivity contribution < 1.29 is 24.2 Å². The first-order valence-electron chi connectivity index (χ1n) is 11.6. The summed E-state index contributed by atoms with van der Waals surface area (Å²) in [6.45, 7) is 0. The van der Waals surface area contributed by atoms with Gasteiger partial charge in [-0.15, -0.1) is 0 Å².